The molecule has 0 fully saturated rings. The van der Waals surface area contributed by atoms with Gasteiger partial charge in [0.1, 0.15) is 25.8 Å². The quantitative estimate of drug-likeness (QED) is 0.314. The lowest BCUT2D eigenvalue weighted by atomic mass is 9.98. The van der Waals surface area contributed by atoms with E-state index in [1.165, 1.54) is 0 Å². The lowest BCUT2D eigenvalue weighted by Crippen LogP contribution is -2.49. The number of hydrogen-bond donors (Lipinski definition) is 3. The fourth-order valence-electron chi connectivity index (χ4n) is 4.05. The number of rotatable bonds is 9. The van der Waals surface area contributed by atoms with Crippen molar-refractivity contribution in [1.29, 1.82) is 0 Å². The molecule has 180 valence electrons. The van der Waals surface area contributed by atoms with Crippen LogP contribution < -0.4 is 10.6 Å². The highest BCUT2D eigenvalue weighted by molar-refractivity contribution is 7.80. The van der Waals surface area contributed by atoms with Crippen molar-refractivity contribution in [1.82, 2.24) is 10.6 Å². The molecule has 0 bridgehead atoms. The third-order valence-corrected chi connectivity index (χ3v) is 6.15. The summed E-state index contributed by atoms with van der Waals surface area (Å²) in [7, 11) is 0. The third kappa shape index (κ3) is 6.02. The number of esters is 1. The van der Waals surface area contributed by atoms with E-state index in [9.17, 15) is 14.4 Å². The Morgan fingerprint density at radius 1 is 0.829 bits per heavy atom. The van der Waals surface area contributed by atoms with Crippen LogP contribution in [-0.4, -0.2) is 42.9 Å². The molecule has 0 saturated carbocycles. The highest BCUT2D eigenvalue weighted by Gasteiger charge is 2.29. The smallest absolute Gasteiger partial charge is 0.407 e. The number of fused-ring (bicyclic) bond motifs is 3. The monoisotopic (exact) mass is 490 g/mol. The minimum Gasteiger partial charge on any atom is -0.460 e. The molecule has 0 saturated heterocycles. The van der Waals surface area contributed by atoms with E-state index in [1.54, 1.807) is 0 Å². The summed E-state index contributed by atoms with van der Waals surface area (Å²) in [5.41, 5.74) is 5.29. The second-order valence-electron chi connectivity index (χ2n) is 8.07. The van der Waals surface area contributed by atoms with E-state index in [4.69, 9.17) is 9.47 Å². The van der Waals surface area contributed by atoms with Gasteiger partial charge in [-0.3, -0.25) is 9.59 Å². The van der Waals surface area contributed by atoms with E-state index in [0.29, 0.717) is 0 Å². The van der Waals surface area contributed by atoms with Crippen LogP contribution in [-0.2, 0) is 25.7 Å². The Hall–Kier alpha value is -3.78. The van der Waals surface area contributed by atoms with Crippen molar-refractivity contribution in [3.63, 3.8) is 0 Å². The lowest BCUT2D eigenvalue weighted by molar-refractivity contribution is -0.145. The number of nitrogens with one attached hydrogen (secondary N) is 2. The number of ether oxygens (including phenoxy) is 2. The number of carbonyl (C=O) groups is 3. The average Bonchev–Trinajstić information content (AvgIpc) is 3.22. The van der Waals surface area contributed by atoms with Gasteiger partial charge in [-0.2, -0.15) is 12.6 Å². The van der Waals surface area contributed by atoms with Crippen LogP contribution in [0, 0.1) is 0 Å². The molecule has 0 aromatic heterocycles. The van der Waals surface area contributed by atoms with Crippen molar-refractivity contribution < 1.29 is 23.9 Å². The van der Waals surface area contributed by atoms with Crippen LogP contribution in [0.4, 0.5) is 4.79 Å². The summed E-state index contributed by atoms with van der Waals surface area (Å²) in [6.07, 6.45) is -0.729. The van der Waals surface area contributed by atoms with Gasteiger partial charge < -0.3 is 20.1 Å². The molecule has 7 nitrogen and oxygen atoms in total. The summed E-state index contributed by atoms with van der Waals surface area (Å²) >= 11 is 4.15. The van der Waals surface area contributed by atoms with Crippen molar-refractivity contribution in [2.24, 2.45) is 0 Å². The number of amides is 2. The standard InChI is InChI=1S/C27H26N2O5S/c30-25(33-15-18-8-2-1-3-9-18)14-28-26(31)24(17-35)29-27(32)34-16-23-21-12-6-4-10-19(21)20-11-5-7-13-22(20)23/h1-13,23-24,35H,14-17H2,(H,28,31)(H,29,32)/t24-/m0/s1. The molecule has 8 heteroatoms. The van der Waals surface area contributed by atoms with Crippen LogP contribution in [0.25, 0.3) is 11.1 Å². The first-order chi connectivity index (χ1) is 17.1. The van der Waals surface area contributed by atoms with Gasteiger partial charge in [0.2, 0.25) is 5.91 Å². The Kier molecular flexibility index (Phi) is 8.05. The molecule has 0 heterocycles. The van der Waals surface area contributed by atoms with Crippen molar-refractivity contribution >= 4 is 30.6 Å². The number of alkyl carbamates (subject to hydrolysis) is 1. The molecule has 1 aliphatic rings. The van der Waals surface area contributed by atoms with Gasteiger partial charge in [0, 0.05) is 11.7 Å². The first-order valence-electron chi connectivity index (χ1n) is 11.3. The molecule has 3 aromatic rings. The molecule has 1 atom stereocenters. The van der Waals surface area contributed by atoms with Gasteiger partial charge in [0.15, 0.2) is 0 Å². The lowest BCUT2D eigenvalue weighted by Gasteiger charge is -2.18. The van der Waals surface area contributed by atoms with Crippen LogP contribution in [0.1, 0.15) is 22.6 Å². The third-order valence-electron chi connectivity index (χ3n) is 5.78. The predicted molar refractivity (Wildman–Crippen MR) is 135 cm³/mol. The zero-order valence-corrected chi connectivity index (χ0v) is 19.9. The number of carbonyl (C=O) groups excluding carboxylic acids is 3. The van der Waals surface area contributed by atoms with Crippen LogP contribution in [0.2, 0.25) is 0 Å². The Bertz CT molecular complexity index is 1160. The normalized spacial score (nSPS) is 12.7. The van der Waals surface area contributed by atoms with Gasteiger partial charge in [-0.15, -0.1) is 0 Å². The van der Waals surface area contributed by atoms with Crippen LogP contribution in [0.15, 0.2) is 78.9 Å². The fourth-order valence-corrected chi connectivity index (χ4v) is 4.31. The Balaban J connectivity index is 1.25. The molecule has 0 radical (unpaired) electrons. The minimum absolute atomic E-state index is 0.0368. The van der Waals surface area contributed by atoms with Gasteiger partial charge >= 0.3 is 12.1 Å². The topological polar surface area (TPSA) is 93.7 Å². The van der Waals surface area contributed by atoms with Crippen LogP contribution in [0.5, 0.6) is 0 Å². The zero-order valence-electron chi connectivity index (χ0n) is 19.0. The molecule has 0 unspecified atom stereocenters. The van der Waals surface area contributed by atoms with Crippen molar-refractivity contribution in [2.75, 3.05) is 18.9 Å². The molecule has 3 aromatic carbocycles. The van der Waals surface area contributed by atoms with Crippen LogP contribution >= 0.6 is 12.6 Å². The van der Waals surface area contributed by atoms with E-state index < -0.39 is 24.0 Å². The van der Waals surface area contributed by atoms with Gasteiger partial charge in [0.05, 0.1) is 0 Å². The molecule has 35 heavy (non-hydrogen) atoms. The van der Waals surface area contributed by atoms with E-state index in [-0.39, 0.29) is 31.4 Å². The fraction of sp³-hybridized carbons (Fsp3) is 0.222. The Morgan fingerprint density at radius 3 is 2.06 bits per heavy atom. The highest BCUT2D eigenvalue weighted by atomic mass is 32.1. The SMILES string of the molecule is O=C(CNC(=O)[C@H](CS)NC(=O)OCC1c2ccccc2-c2ccccc21)OCc1ccccc1. The van der Waals surface area contributed by atoms with Crippen molar-refractivity contribution in [3.05, 3.63) is 95.6 Å². The van der Waals surface area contributed by atoms with Gasteiger partial charge in [-0.05, 0) is 27.8 Å². The van der Waals surface area contributed by atoms with E-state index in [2.05, 4.69) is 35.4 Å². The second kappa shape index (κ2) is 11.6. The summed E-state index contributed by atoms with van der Waals surface area (Å²) in [5, 5.41) is 4.98. The first-order valence-corrected chi connectivity index (χ1v) is 11.9. The molecule has 4 rings (SSSR count). The summed E-state index contributed by atoms with van der Waals surface area (Å²) in [6.45, 7) is -0.0710. The average molecular weight is 491 g/mol. The van der Waals surface area contributed by atoms with Crippen molar-refractivity contribution in [2.45, 2.75) is 18.6 Å². The first kappa shape index (κ1) is 24.3. The van der Waals surface area contributed by atoms with E-state index in [0.717, 1.165) is 27.8 Å². The zero-order chi connectivity index (χ0) is 24.6. The molecular weight excluding hydrogens is 464 g/mol. The van der Waals surface area contributed by atoms with E-state index in [1.807, 2.05) is 66.7 Å². The van der Waals surface area contributed by atoms with Gasteiger partial charge in [0.25, 0.3) is 0 Å². The summed E-state index contributed by atoms with van der Waals surface area (Å²) in [5.74, 6) is -1.18. The van der Waals surface area contributed by atoms with Gasteiger partial charge in [-0.25, -0.2) is 4.79 Å². The Morgan fingerprint density at radius 2 is 1.43 bits per heavy atom. The Labute approximate surface area is 209 Å². The predicted octanol–water partition coefficient (Wildman–Crippen LogP) is 3.68. The summed E-state index contributed by atoms with van der Waals surface area (Å²) in [6, 6.07) is 24.3. The molecule has 2 N–H and O–H groups in total. The summed E-state index contributed by atoms with van der Waals surface area (Å²) < 4.78 is 10.6. The minimum atomic E-state index is -0.962. The van der Waals surface area contributed by atoms with Crippen molar-refractivity contribution in [3.8, 4) is 11.1 Å². The maximum atomic E-state index is 12.5. The highest BCUT2D eigenvalue weighted by Crippen LogP contribution is 2.44. The second-order valence-corrected chi connectivity index (χ2v) is 8.43. The maximum absolute atomic E-state index is 12.5. The van der Waals surface area contributed by atoms with Crippen LogP contribution in [0.3, 0.4) is 0 Å². The molecule has 0 aliphatic heterocycles. The number of benzene rings is 3. The molecule has 2 amide bonds. The van der Waals surface area contributed by atoms with E-state index >= 15 is 0 Å². The largest absolute Gasteiger partial charge is 0.460 e. The van der Waals surface area contributed by atoms with Gasteiger partial charge in [-0.1, -0.05) is 78.9 Å². The number of hydrogen-bond acceptors (Lipinski definition) is 6. The summed E-state index contributed by atoms with van der Waals surface area (Å²) in [4.78, 5) is 36.8. The number of thiol groups is 1. The molecule has 1 aliphatic carbocycles. The molecular formula is C27H26N2O5S. The molecule has 0 spiro atoms. The maximum Gasteiger partial charge on any atom is 0.407 e.